The SMILES string of the molecule is [CH2]CC(C)=C=CF. The third kappa shape index (κ3) is 3.28. The lowest BCUT2D eigenvalue weighted by Gasteiger charge is -1.80. The second-order valence-corrected chi connectivity index (χ2v) is 1.28. The van der Waals surface area contributed by atoms with Gasteiger partial charge in [0.15, 0.2) is 0 Å². The first-order valence-corrected chi connectivity index (χ1v) is 2.11. The van der Waals surface area contributed by atoms with E-state index in [2.05, 4.69) is 12.7 Å². The molecule has 1 radical (unpaired) electrons. The van der Waals surface area contributed by atoms with Crippen LogP contribution in [0.25, 0.3) is 0 Å². The summed E-state index contributed by atoms with van der Waals surface area (Å²) in [4.78, 5) is 0. The Hall–Kier alpha value is -0.550. The summed E-state index contributed by atoms with van der Waals surface area (Å²) in [5, 5.41) is 0. The van der Waals surface area contributed by atoms with Crippen molar-refractivity contribution in [1.82, 2.24) is 0 Å². The summed E-state index contributed by atoms with van der Waals surface area (Å²) < 4.78 is 11.1. The number of rotatable bonds is 1. The summed E-state index contributed by atoms with van der Waals surface area (Å²) in [5.74, 6) is 0. The molecule has 0 heterocycles. The zero-order valence-corrected chi connectivity index (χ0v) is 4.37. The van der Waals surface area contributed by atoms with Crippen LogP contribution in [0.5, 0.6) is 0 Å². The highest BCUT2D eigenvalue weighted by Gasteiger charge is 1.74. The Bertz CT molecular complexity index is 96.7. The molecule has 0 atom stereocenters. The van der Waals surface area contributed by atoms with Crippen LogP contribution in [0.4, 0.5) is 4.39 Å². The van der Waals surface area contributed by atoms with Gasteiger partial charge in [-0.2, -0.15) is 0 Å². The van der Waals surface area contributed by atoms with E-state index in [9.17, 15) is 4.39 Å². The van der Waals surface area contributed by atoms with Gasteiger partial charge in [-0.15, -0.1) is 0 Å². The monoisotopic (exact) mass is 99.1 g/mol. The highest BCUT2D eigenvalue weighted by molar-refractivity contribution is 4.95. The third-order valence-corrected chi connectivity index (χ3v) is 0.676. The van der Waals surface area contributed by atoms with Gasteiger partial charge in [-0.3, -0.25) is 0 Å². The Labute approximate surface area is 43.4 Å². The van der Waals surface area contributed by atoms with Crippen LogP contribution >= 0.6 is 0 Å². The van der Waals surface area contributed by atoms with Crippen molar-refractivity contribution in [2.45, 2.75) is 13.3 Å². The Morgan fingerprint density at radius 2 is 2.57 bits per heavy atom. The predicted octanol–water partition coefficient (Wildman–Crippen LogP) is 2.24. The first-order valence-electron chi connectivity index (χ1n) is 2.11. The lowest BCUT2D eigenvalue weighted by atomic mass is 10.3. The fourth-order valence-corrected chi connectivity index (χ4v) is 0.165. The molecule has 0 amide bonds. The van der Waals surface area contributed by atoms with E-state index in [0.29, 0.717) is 12.8 Å². The van der Waals surface area contributed by atoms with Crippen molar-refractivity contribution in [3.8, 4) is 0 Å². The highest BCUT2D eigenvalue weighted by atomic mass is 19.1. The summed E-state index contributed by atoms with van der Waals surface area (Å²) in [6.07, 6.45) is 1.03. The highest BCUT2D eigenvalue weighted by Crippen LogP contribution is 1.92. The van der Waals surface area contributed by atoms with Crippen LogP contribution in [-0.4, -0.2) is 0 Å². The molecule has 0 rings (SSSR count). The zero-order valence-electron chi connectivity index (χ0n) is 4.37. The van der Waals surface area contributed by atoms with Crippen LogP contribution in [0, 0.1) is 6.92 Å². The van der Waals surface area contributed by atoms with Crippen molar-refractivity contribution < 1.29 is 4.39 Å². The molecule has 1 heteroatoms. The minimum absolute atomic E-state index is 0.403. The molecule has 0 fully saturated rings. The van der Waals surface area contributed by atoms with E-state index < -0.39 is 0 Å². The van der Waals surface area contributed by atoms with Gasteiger partial charge in [-0.1, -0.05) is 5.73 Å². The van der Waals surface area contributed by atoms with Crippen molar-refractivity contribution in [3.63, 3.8) is 0 Å². The van der Waals surface area contributed by atoms with Gasteiger partial charge in [0.2, 0.25) is 0 Å². The summed E-state index contributed by atoms with van der Waals surface area (Å²) >= 11 is 0. The van der Waals surface area contributed by atoms with Crippen LogP contribution in [0.2, 0.25) is 0 Å². The molecule has 0 saturated heterocycles. The van der Waals surface area contributed by atoms with Crippen molar-refractivity contribution in [2.75, 3.05) is 0 Å². The summed E-state index contributed by atoms with van der Waals surface area (Å²) in [7, 11) is 0. The molecule has 0 N–H and O–H groups in total. The predicted molar refractivity (Wildman–Crippen MR) is 28.4 cm³/mol. The zero-order chi connectivity index (χ0) is 5.70. The molecule has 0 spiro atoms. The standard InChI is InChI=1S/C6H8F/c1-3-6(2)4-5-7/h5H,1,3H2,2H3. The van der Waals surface area contributed by atoms with E-state index in [-0.39, 0.29) is 0 Å². The normalized spacial score (nSPS) is 7.29. The fourth-order valence-electron chi connectivity index (χ4n) is 0.165. The topological polar surface area (TPSA) is 0 Å². The largest absolute Gasteiger partial charge is 0.206 e. The second kappa shape index (κ2) is 3.63. The number of hydrogen-bond donors (Lipinski definition) is 0. The summed E-state index contributed by atoms with van der Waals surface area (Å²) in [6.45, 7) is 5.30. The lowest BCUT2D eigenvalue weighted by Crippen LogP contribution is -1.62. The quantitative estimate of drug-likeness (QED) is 0.442. The van der Waals surface area contributed by atoms with Crippen molar-refractivity contribution >= 4 is 0 Å². The molecule has 0 saturated carbocycles. The number of halogens is 1. The lowest BCUT2D eigenvalue weighted by molar-refractivity contribution is 0.722. The van der Waals surface area contributed by atoms with E-state index in [1.165, 1.54) is 0 Å². The molecule has 0 unspecified atom stereocenters. The Balaban J connectivity index is 3.74. The van der Waals surface area contributed by atoms with Gasteiger partial charge in [-0.25, -0.2) is 4.39 Å². The molecular weight excluding hydrogens is 91.1 g/mol. The average Bonchev–Trinajstić information content (AvgIpc) is 1.68. The molecule has 7 heavy (non-hydrogen) atoms. The van der Waals surface area contributed by atoms with E-state index in [4.69, 9.17) is 0 Å². The van der Waals surface area contributed by atoms with E-state index >= 15 is 0 Å². The molecule has 0 aromatic heterocycles. The minimum Gasteiger partial charge on any atom is -0.206 e. The summed E-state index contributed by atoms with van der Waals surface area (Å²) in [6, 6.07) is 0. The fraction of sp³-hybridized carbons (Fsp3) is 0.333. The van der Waals surface area contributed by atoms with Crippen molar-refractivity contribution in [3.05, 3.63) is 24.6 Å². The molecule has 0 aliphatic carbocycles. The van der Waals surface area contributed by atoms with E-state index in [1.54, 1.807) is 6.92 Å². The second-order valence-electron chi connectivity index (χ2n) is 1.28. The number of hydrogen-bond acceptors (Lipinski definition) is 0. The van der Waals surface area contributed by atoms with Crippen LogP contribution in [-0.2, 0) is 0 Å². The summed E-state index contributed by atoms with van der Waals surface area (Å²) in [5.41, 5.74) is 3.19. The first kappa shape index (κ1) is 6.45. The van der Waals surface area contributed by atoms with Gasteiger partial charge < -0.3 is 0 Å². The first-order chi connectivity index (χ1) is 3.31. The molecule has 0 nitrogen and oxygen atoms in total. The van der Waals surface area contributed by atoms with Gasteiger partial charge in [0.25, 0.3) is 0 Å². The molecule has 0 aliphatic rings. The van der Waals surface area contributed by atoms with E-state index in [1.807, 2.05) is 0 Å². The van der Waals surface area contributed by atoms with Crippen LogP contribution in [0.3, 0.4) is 0 Å². The van der Waals surface area contributed by atoms with E-state index in [0.717, 1.165) is 5.57 Å². The third-order valence-electron chi connectivity index (χ3n) is 0.676. The van der Waals surface area contributed by atoms with Gasteiger partial charge in [-0.05, 0) is 25.8 Å². The van der Waals surface area contributed by atoms with Crippen molar-refractivity contribution in [2.24, 2.45) is 0 Å². The molecule has 0 aromatic rings. The molecule has 0 aromatic carbocycles. The number of allylic oxidation sites excluding steroid dienone is 1. The Morgan fingerprint density at radius 3 is 2.71 bits per heavy atom. The van der Waals surface area contributed by atoms with Gasteiger partial charge in [0, 0.05) is 0 Å². The van der Waals surface area contributed by atoms with Crippen LogP contribution in [0.1, 0.15) is 13.3 Å². The average molecular weight is 99.1 g/mol. The van der Waals surface area contributed by atoms with Gasteiger partial charge in [0.1, 0.15) is 6.33 Å². The Kier molecular flexibility index (Phi) is 3.35. The van der Waals surface area contributed by atoms with Gasteiger partial charge >= 0.3 is 0 Å². The maximum absolute atomic E-state index is 11.1. The molecule has 0 bridgehead atoms. The van der Waals surface area contributed by atoms with Crippen LogP contribution in [0.15, 0.2) is 17.6 Å². The molecule has 0 aliphatic heterocycles. The maximum Gasteiger partial charge on any atom is 0.129 e. The maximum atomic E-state index is 11.1. The Morgan fingerprint density at radius 1 is 2.00 bits per heavy atom. The molecular formula is C6H8F. The molecule has 39 valence electrons. The van der Waals surface area contributed by atoms with Gasteiger partial charge in [0.05, 0.1) is 0 Å². The minimum atomic E-state index is 0.403. The van der Waals surface area contributed by atoms with Crippen LogP contribution < -0.4 is 0 Å². The smallest absolute Gasteiger partial charge is 0.129 e. The van der Waals surface area contributed by atoms with Crippen molar-refractivity contribution in [1.29, 1.82) is 0 Å².